The van der Waals surface area contributed by atoms with Gasteiger partial charge in [0.25, 0.3) is 0 Å². The van der Waals surface area contributed by atoms with Crippen LogP contribution < -0.4 is 5.32 Å². The second-order valence-corrected chi connectivity index (χ2v) is 6.29. The highest BCUT2D eigenvalue weighted by Crippen LogP contribution is 2.27. The minimum atomic E-state index is 0.251. The topological polar surface area (TPSA) is 21.3 Å². The van der Waals surface area contributed by atoms with Crippen LogP contribution in [0.1, 0.15) is 31.9 Å². The number of hydrogen-bond donors (Lipinski definition) is 1. The van der Waals surface area contributed by atoms with E-state index in [0.717, 1.165) is 34.7 Å². The highest BCUT2D eigenvalue weighted by Gasteiger charge is 2.24. The second-order valence-electron chi connectivity index (χ2n) is 4.97. The summed E-state index contributed by atoms with van der Waals surface area (Å²) in [6.07, 6.45) is 1.15. The molecule has 100 valence electrons. The largest absolute Gasteiger partial charge is 0.381 e. The molecule has 2 rings (SSSR count). The lowest BCUT2D eigenvalue weighted by atomic mass is 9.98. The summed E-state index contributed by atoms with van der Waals surface area (Å²) < 4.78 is 6.45. The van der Waals surface area contributed by atoms with Crippen LogP contribution >= 0.6 is 27.5 Å². The van der Waals surface area contributed by atoms with Gasteiger partial charge in [-0.1, -0.05) is 33.6 Å². The van der Waals surface area contributed by atoms with Crippen molar-refractivity contribution in [2.45, 2.75) is 32.4 Å². The monoisotopic (exact) mass is 331 g/mol. The van der Waals surface area contributed by atoms with Gasteiger partial charge in [-0.15, -0.1) is 0 Å². The van der Waals surface area contributed by atoms with E-state index in [-0.39, 0.29) is 6.04 Å². The molecule has 1 fully saturated rings. The van der Waals surface area contributed by atoms with Gasteiger partial charge in [0.1, 0.15) is 0 Å². The average Bonchev–Trinajstić information content (AvgIpc) is 2.81. The van der Waals surface area contributed by atoms with E-state index in [1.807, 2.05) is 12.1 Å². The first-order chi connectivity index (χ1) is 8.58. The Bertz CT molecular complexity index is 407. The van der Waals surface area contributed by atoms with Crippen molar-refractivity contribution in [1.29, 1.82) is 0 Å². The summed E-state index contributed by atoms with van der Waals surface area (Å²) in [6.45, 7) is 6.14. The molecule has 4 heteroatoms. The van der Waals surface area contributed by atoms with Crippen molar-refractivity contribution in [3.63, 3.8) is 0 Å². The molecule has 1 aromatic carbocycles. The molecule has 0 bridgehead atoms. The molecule has 2 nitrogen and oxygen atoms in total. The van der Waals surface area contributed by atoms with Gasteiger partial charge in [0.2, 0.25) is 0 Å². The Balaban J connectivity index is 2.00. The van der Waals surface area contributed by atoms with Crippen molar-refractivity contribution in [3.8, 4) is 0 Å². The first-order valence-corrected chi connectivity index (χ1v) is 7.53. The van der Waals surface area contributed by atoms with Crippen LogP contribution in [0.2, 0.25) is 5.02 Å². The van der Waals surface area contributed by atoms with Gasteiger partial charge in [0.05, 0.1) is 6.61 Å². The number of halogens is 2. The predicted molar refractivity (Wildman–Crippen MR) is 79.1 cm³/mol. The average molecular weight is 333 g/mol. The van der Waals surface area contributed by atoms with Crippen LogP contribution in [0.15, 0.2) is 22.7 Å². The molecule has 1 saturated heterocycles. The number of ether oxygens (including phenoxy) is 1. The summed E-state index contributed by atoms with van der Waals surface area (Å²) in [4.78, 5) is 0. The van der Waals surface area contributed by atoms with Crippen LogP contribution in [0, 0.1) is 5.92 Å². The fourth-order valence-electron chi connectivity index (χ4n) is 2.42. The first kappa shape index (κ1) is 14.3. The van der Waals surface area contributed by atoms with E-state index < -0.39 is 0 Å². The van der Waals surface area contributed by atoms with Gasteiger partial charge in [0.15, 0.2) is 0 Å². The molecule has 0 aromatic heterocycles. The molecule has 0 saturated carbocycles. The van der Waals surface area contributed by atoms with E-state index in [9.17, 15) is 0 Å². The Morgan fingerprint density at radius 3 is 2.83 bits per heavy atom. The molecule has 1 heterocycles. The smallest absolute Gasteiger partial charge is 0.0509 e. The number of nitrogens with one attached hydrogen (secondary N) is 1. The van der Waals surface area contributed by atoms with Crippen molar-refractivity contribution in [1.82, 2.24) is 5.32 Å². The molecule has 3 unspecified atom stereocenters. The Labute approximate surface area is 122 Å². The normalized spacial score (nSPS) is 23.0. The van der Waals surface area contributed by atoms with Crippen LogP contribution in [0.25, 0.3) is 0 Å². The second kappa shape index (κ2) is 6.38. The van der Waals surface area contributed by atoms with Crippen LogP contribution in [-0.4, -0.2) is 19.3 Å². The number of benzene rings is 1. The summed E-state index contributed by atoms with van der Waals surface area (Å²) >= 11 is 9.70. The van der Waals surface area contributed by atoms with Gasteiger partial charge in [0, 0.05) is 28.2 Å². The SMILES string of the molecule is CC(NC(C)C1CCOC1)c1ccc(Br)cc1Cl. The Morgan fingerprint density at radius 2 is 2.22 bits per heavy atom. The maximum atomic E-state index is 6.27. The lowest BCUT2D eigenvalue weighted by Gasteiger charge is -2.25. The third-order valence-electron chi connectivity index (χ3n) is 3.61. The summed E-state index contributed by atoms with van der Waals surface area (Å²) in [6, 6.07) is 6.74. The molecule has 0 radical (unpaired) electrons. The third kappa shape index (κ3) is 3.47. The molecular formula is C14H19BrClNO. The summed E-state index contributed by atoms with van der Waals surface area (Å²) in [5, 5.41) is 4.42. The molecule has 0 aliphatic carbocycles. The van der Waals surface area contributed by atoms with Crippen molar-refractivity contribution in [2.75, 3.05) is 13.2 Å². The quantitative estimate of drug-likeness (QED) is 0.893. The van der Waals surface area contributed by atoms with Crippen molar-refractivity contribution >= 4 is 27.5 Å². The van der Waals surface area contributed by atoms with Gasteiger partial charge in [-0.2, -0.15) is 0 Å². The van der Waals surface area contributed by atoms with Gasteiger partial charge >= 0.3 is 0 Å². The molecular weight excluding hydrogens is 314 g/mol. The van der Waals surface area contributed by atoms with E-state index in [4.69, 9.17) is 16.3 Å². The van der Waals surface area contributed by atoms with E-state index in [0.29, 0.717) is 12.0 Å². The maximum Gasteiger partial charge on any atom is 0.0509 e. The lowest BCUT2D eigenvalue weighted by Crippen LogP contribution is -2.35. The number of hydrogen-bond acceptors (Lipinski definition) is 2. The zero-order valence-electron chi connectivity index (χ0n) is 10.7. The van der Waals surface area contributed by atoms with Crippen LogP contribution in [0.4, 0.5) is 0 Å². The van der Waals surface area contributed by atoms with Crippen molar-refractivity contribution in [2.24, 2.45) is 5.92 Å². The summed E-state index contributed by atoms with van der Waals surface area (Å²) in [5.41, 5.74) is 1.14. The molecule has 1 aliphatic heterocycles. The van der Waals surface area contributed by atoms with Crippen molar-refractivity contribution in [3.05, 3.63) is 33.3 Å². The standard InChI is InChI=1S/C14H19BrClNO/c1-9(11-5-6-18-8-11)17-10(2)13-4-3-12(15)7-14(13)16/h3-4,7,9-11,17H,5-6,8H2,1-2H3. The Kier molecular flexibility index (Phi) is 5.07. The molecule has 1 N–H and O–H groups in total. The van der Waals surface area contributed by atoms with Gasteiger partial charge in [-0.3, -0.25) is 0 Å². The lowest BCUT2D eigenvalue weighted by molar-refractivity contribution is 0.177. The maximum absolute atomic E-state index is 6.27. The third-order valence-corrected chi connectivity index (χ3v) is 4.43. The van der Waals surface area contributed by atoms with E-state index in [2.05, 4.69) is 41.2 Å². The molecule has 0 spiro atoms. The van der Waals surface area contributed by atoms with Gasteiger partial charge in [-0.25, -0.2) is 0 Å². The predicted octanol–water partition coefficient (Wildman–Crippen LogP) is 4.18. The Hall–Kier alpha value is -0.0900. The zero-order chi connectivity index (χ0) is 13.1. The minimum Gasteiger partial charge on any atom is -0.381 e. The fourth-order valence-corrected chi connectivity index (χ4v) is 3.26. The van der Waals surface area contributed by atoms with Crippen LogP contribution in [0.3, 0.4) is 0 Å². The molecule has 3 atom stereocenters. The van der Waals surface area contributed by atoms with Crippen LogP contribution in [0.5, 0.6) is 0 Å². The fraction of sp³-hybridized carbons (Fsp3) is 0.571. The van der Waals surface area contributed by atoms with E-state index in [1.165, 1.54) is 0 Å². The van der Waals surface area contributed by atoms with Gasteiger partial charge < -0.3 is 10.1 Å². The summed E-state index contributed by atoms with van der Waals surface area (Å²) in [5.74, 6) is 0.613. The summed E-state index contributed by atoms with van der Waals surface area (Å²) in [7, 11) is 0. The molecule has 1 aromatic rings. The number of rotatable bonds is 4. The molecule has 18 heavy (non-hydrogen) atoms. The first-order valence-electron chi connectivity index (χ1n) is 6.36. The van der Waals surface area contributed by atoms with E-state index >= 15 is 0 Å². The van der Waals surface area contributed by atoms with Gasteiger partial charge in [-0.05, 0) is 43.9 Å². The highest BCUT2D eigenvalue weighted by molar-refractivity contribution is 9.10. The molecule has 0 amide bonds. The van der Waals surface area contributed by atoms with Crippen molar-refractivity contribution < 1.29 is 4.74 Å². The van der Waals surface area contributed by atoms with E-state index in [1.54, 1.807) is 0 Å². The minimum absolute atomic E-state index is 0.251. The zero-order valence-corrected chi connectivity index (χ0v) is 13.1. The Morgan fingerprint density at radius 1 is 1.44 bits per heavy atom. The molecule has 1 aliphatic rings. The van der Waals surface area contributed by atoms with Crippen LogP contribution in [-0.2, 0) is 4.74 Å². The highest BCUT2D eigenvalue weighted by atomic mass is 79.9.